The maximum absolute atomic E-state index is 9.62. The van der Waals surface area contributed by atoms with Crippen LogP contribution in [0.15, 0.2) is 48.5 Å². The summed E-state index contributed by atoms with van der Waals surface area (Å²) in [5, 5.41) is 10.4. The zero-order valence-corrected chi connectivity index (χ0v) is 17.2. The van der Waals surface area contributed by atoms with E-state index in [4.69, 9.17) is 9.47 Å². The summed E-state index contributed by atoms with van der Waals surface area (Å²) in [5.74, 6) is 0. The lowest BCUT2D eigenvalue weighted by atomic mass is 9.90. The van der Waals surface area contributed by atoms with E-state index >= 15 is 0 Å². The lowest BCUT2D eigenvalue weighted by Crippen LogP contribution is -2.41. The Bertz CT molecular complexity index is 1040. The van der Waals surface area contributed by atoms with Crippen LogP contribution in [0, 0.1) is 11.3 Å². The van der Waals surface area contributed by atoms with Crippen molar-refractivity contribution in [2.45, 2.75) is 45.2 Å². The lowest BCUT2D eigenvalue weighted by molar-refractivity contribution is -0.0895. The SMILES string of the molecule is CC1(C)OC(c2ccc(/C=C(\C#N)c3nc4ccccc4s3)cc2)OC1(C)C. The Morgan fingerprint density at radius 1 is 1.04 bits per heavy atom. The molecule has 142 valence electrons. The highest BCUT2D eigenvalue weighted by molar-refractivity contribution is 7.19. The molecule has 1 aromatic heterocycles. The first-order valence-electron chi connectivity index (χ1n) is 9.22. The van der Waals surface area contributed by atoms with E-state index in [9.17, 15) is 5.26 Å². The summed E-state index contributed by atoms with van der Waals surface area (Å²) < 4.78 is 13.3. The zero-order chi connectivity index (χ0) is 19.9. The van der Waals surface area contributed by atoms with Gasteiger partial charge in [-0.05, 0) is 51.5 Å². The fourth-order valence-electron chi connectivity index (χ4n) is 3.02. The summed E-state index contributed by atoms with van der Waals surface area (Å²) in [5.41, 5.74) is 2.66. The largest absolute Gasteiger partial charge is 0.339 e. The molecule has 4 nitrogen and oxygen atoms in total. The summed E-state index contributed by atoms with van der Waals surface area (Å²) in [6.45, 7) is 8.17. The molecule has 2 heterocycles. The number of benzene rings is 2. The van der Waals surface area contributed by atoms with Crippen LogP contribution in [0.25, 0.3) is 21.9 Å². The van der Waals surface area contributed by atoms with E-state index in [2.05, 4.69) is 11.1 Å². The smallest absolute Gasteiger partial charge is 0.185 e. The first kappa shape index (κ1) is 18.8. The molecule has 28 heavy (non-hydrogen) atoms. The summed E-state index contributed by atoms with van der Waals surface area (Å²) in [7, 11) is 0. The molecule has 0 saturated carbocycles. The van der Waals surface area contributed by atoms with Gasteiger partial charge in [-0.15, -0.1) is 11.3 Å². The van der Waals surface area contributed by atoms with Crippen LogP contribution in [-0.4, -0.2) is 16.2 Å². The van der Waals surface area contributed by atoms with Crippen LogP contribution in [0.3, 0.4) is 0 Å². The van der Waals surface area contributed by atoms with Crippen LogP contribution >= 0.6 is 11.3 Å². The van der Waals surface area contributed by atoms with Gasteiger partial charge in [0.2, 0.25) is 0 Å². The van der Waals surface area contributed by atoms with Crippen LogP contribution in [0.4, 0.5) is 0 Å². The number of fused-ring (bicyclic) bond motifs is 1. The van der Waals surface area contributed by atoms with Crippen LogP contribution in [0.1, 0.15) is 50.1 Å². The number of aromatic nitrogens is 1. The first-order valence-corrected chi connectivity index (χ1v) is 10.0. The second-order valence-electron chi connectivity index (χ2n) is 7.91. The number of allylic oxidation sites excluding steroid dienone is 1. The molecule has 0 unspecified atom stereocenters. The van der Waals surface area contributed by atoms with E-state index in [1.54, 1.807) is 0 Å². The topological polar surface area (TPSA) is 55.1 Å². The molecule has 3 aromatic rings. The third-order valence-electron chi connectivity index (χ3n) is 5.42. The van der Waals surface area contributed by atoms with Crippen molar-refractivity contribution in [2.75, 3.05) is 0 Å². The Labute approximate surface area is 169 Å². The van der Waals surface area contributed by atoms with Crippen molar-refractivity contribution in [3.05, 3.63) is 64.7 Å². The van der Waals surface area contributed by atoms with Crippen molar-refractivity contribution in [3.8, 4) is 6.07 Å². The normalized spacial score (nSPS) is 19.0. The average Bonchev–Trinajstić information content (AvgIpc) is 3.18. The molecule has 2 aromatic carbocycles. The number of thiazole rings is 1. The van der Waals surface area contributed by atoms with Gasteiger partial charge in [-0.3, -0.25) is 0 Å². The molecule has 0 radical (unpaired) electrons. The van der Waals surface area contributed by atoms with Crippen LogP contribution in [-0.2, 0) is 9.47 Å². The number of para-hydroxylation sites is 1. The molecule has 0 amide bonds. The summed E-state index contributed by atoms with van der Waals surface area (Å²) >= 11 is 1.53. The highest BCUT2D eigenvalue weighted by atomic mass is 32.1. The number of ether oxygens (including phenoxy) is 2. The van der Waals surface area contributed by atoms with Gasteiger partial charge in [-0.2, -0.15) is 5.26 Å². The molecule has 4 rings (SSSR count). The van der Waals surface area contributed by atoms with Gasteiger partial charge in [0.1, 0.15) is 11.1 Å². The monoisotopic (exact) mass is 390 g/mol. The Morgan fingerprint density at radius 3 is 2.29 bits per heavy atom. The van der Waals surface area contributed by atoms with Crippen molar-refractivity contribution in [1.82, 2.24) is 4.98 Å². The molecule has 1 aliphatic rings. The van der Waals surface area contributed by atoms with Crippen LogP contribution < -0.4 is 0 Å². The maximum Gasteiger partial charge on any atom is 0.185 e. The molecular weight excluding hydrogens is 368 g/mol. The highest BCUT2D eigenvalue weighted by Crippen LogP contribution is 2.44. The molecule has 0 bridgehead atoms. The lowest BCUT2D eigenvalue weighted by Gasteiger charge is -2.30. The van der Waals surface area contributed by atoms with Crippen molar-refractivity contribution in [3.63, 3.8) is 0 Å². The van der Waals surface area contributed by atoms with Crippen molar-refractivity contribution < 1.29 is 9.47 Å². The number of hydrogen-bond acceptors (Lipinski definition) is 5. The molecule has 1 saturated heterocycles. The van der Waals surface area contributed by atoms with Gasteiger partial charge in [-0.25, -0.2) is 4.98 Å². The number of nitriles is 1. The van der Waals surface area contributed by atoms with E-state index in [1.165, 1.54) is 11.3 Å². The highest BCUT2D eigenvalue weighted by Gasteiger charge is 2.49. The van der Waals surface area contributed by atoms with Gasteiger partial charge in [0.15, 0.2) is 6.29 Å². The number of nitrogens with zero attached hydrogens (tertiary/aromatic N) is 2. The first-order chi connectivity index (χ1) is 13.3. The predicted molar refractivity (Wildman–Crippen MR) is 113 cm³/mol. The molecule has 0 N–H and O–H groups in total. The molecule has 0 aliphatic carbocycles. The van der Waals surface area contributed by atoms with Gasteiger partial charge in [0.25, 0.3) is 0 Å². The maximum atomic E-state index is 9.62. The fourth-order valence-corrected chi connectivity index (χ4v) is 3.96. The molecule has 0 spiro atoms. The Morgan fingerprint density at radius 2 is 1.68 bits per heavy atom. The second-order valence-corrected chi connectivity index (χ2v) is 8.94. The minimum Gasteiger partial charge on any atom is -0.339 e. The molecule has 0 atom stereocenters. The van der Waals surface area contributed by atoms with Gasteiger partial charge in [0, 0.05) is 5.56 Å². The molecule has 1 aliphatic heterocycles. The van der Waals surface area contributed by atoms with Gasteiger partial charge >= 0.3 is 0 Å². The fraction of sp³-hybridized carbons (Fsp3) is 0.304. The number of hydrogen-bond donors (Lipinski definition) is 0. The summed E-state index contributed by atoms with van der Waals surface area (Å²) in [6.07, 6.45) is 1.48. The second kappa shape index (κ2) is 6.82. The van der Waals surface area contributed by atoms with Crippen molar-refractivity contribution in [1.29, 1.82) is 5.26 Å². The predicted octanol–water partition coefficient (Wildman–Crippen LogP) is 5.96. The summed E-state index contributed by atoms with van der Waals surface area (Å²) in [4.78, 5) is 4.58. The van der Waals surface area contributed by atoms with E-state index in [-0.39, 0.29) is 17.5 Å². The van der Waals surface area contributed by atoms with E-state index < -0.39 is 0 Å². The molecule has 5 heteroatoms. The molecule has 1 fully saturated rings. The summed E-state index contributed by atoms with van der Waals surface area (Å²) in [6, 6.07) is 18.1. The minimum absolute atomic E-state index is 0.364. The van der Waals surface area contributed by atoms with Crippen molar-refractivity contribution in [2.24, 2.45) is 0 Å². The Kier molecular flexibility index (Phi) is 4.59. The molecular formula is C23H22N2O2S. The standard InChI is InChI=1S/C23H22N2O2S/c1-22(2)23(3,4)27-21(26-22)16-11-9-15(10-12-16)13-17(14-24)20-25-18-7-5-6-8-19(18)28-20/h5-13,21H,1-4H3/b17-13+. The average molecular weight is 391 g/mol. The van der Waals surface area contributed by atoms with Crippen molar-refractivity contribution >= 4 is 33.2 Å². The number of rotatable bonds is 3. The minimum atomic E-state index is -0.386. The van der Waals surface area contributed by atoms with Gasteiger partial charge in [0.05, 0.1) is 27.0 Å². The van der Waals surface area contributed by atoms with Crippen LogP contribution in [0.5, 0.6) is 0 Å². The van der Waals surface area contributed by atoms with E-state index in [1.807, 2.05) is 82.3 Å². The van der Waals surface area contributed by atoms with E-state index in [0.717, 1.165) is 26.4 Å². The third-order valence-corrected chi connectivity index (χ3v) is 6.49. The van der Waals surface area contributed by atoms with Crippen LogP contribution in [0.2, 0.25) is 0 Å². The Balaban J connectivity index is 1.59. The zero-order valence-electron chi connectivity index (χ0n) is 16.4. The van der Waals surface area contributed by atoms with E-state index in [0.29, 0.717) is 5.57 Å². The third kappa shape index (κ3) is 3.35. The quantitative estimate of drug-likeness (QED) is 0.518. The Hall–Kier alpha value is -2.52. The van der Waals surface area contributed by atoms with Gasteiger partial charge in [-0.1, -0.05) is 36.4 Å². The van der Waals surface area contributed by atoms with Gasteiger partial charge < -0.3 is 9.47 Å².